The van der Waals surface area contributed by atoms with Gasteiger partial charge < -0.3 is 15.9 Å². The molecule has 1 unspecified atom stereocenters. The SMILES string of the molecule is CC(N)=NCC(CC(=O)O)C(=O)O. The van der Waals surface area contributed by atoms with Crippen LogP contribution in [0.2, 0.25) is 0 Å². The first-order valence-corrected chi connectivity index (χ1v) is 3.64. The summed E-state index contributed by atoms with van der Waals surface area (Å²) in [4.78, 5) is 24.3. The molecular weight excluding hydrogens is 176 g/mol. The van der Waals surface area contributed by atoms with E-state index in [0.717, 1.165) is 0 Å². The second kappa shape index (κ2) is 5.13. The van der Waals surface area contributed by atoms with Crippen LogP contribution in [-0.4, -0.2) is 34.5 Å². The third-order valence-corrected chi connectivity index (χ3v) is 1.33. The van der Waals surface area contributed by atoms with Crippen molar-refractivity contribution in [1.82, 2.24) is 0 Å². The van der Waals surface area contributed by atoms with E-state index in [0.29, 0.717) is 0 Å². The van der Waals surface area contributed by atoms with Gasteiger partial charge in [0.1, 0.15) is 0 Å². The molecule has 0 rings (SSSR count). The van der Waals surface area contributed by atoms with E-state index in [1.807, 2.05) is 0 Å². The third kappa shape index (κ3) is 5.66. The molecule has 0 aliphatic carbocycles. The Morgan fingerprint density at radius 1 is 1.46 bits per heavy atom. The van der Waals surface area contributed by atoms with Crippen LogP contribution in [0.5, 0.6) is 0 Å². The summed E-state index contributed by atoms with van der Waals surface area (Å²) in [6.07, 6.45) is -0.438. The highest BCUT2D eigenvalue weighted by Gasteiger charge is 2.20. The zero-order chi connectivity index (χ0) is 10.4. The molecule has 0 amide bonds. The van der Waals surface area contributed by atoms with E-state index < -0.39 is 24.3 Å². The van der Waals surface area contributed by atoms with Gasteiger partial charge in [-0.2, -0.15) is 0 Å². The van der Waals surface area contributed by atoms with Gasteiger partial charge in [-0.05, 0) is 6.92 Å². The van der Waals surface area contributed by atoms with E-state index in [9.17, 15) is 9.59 Å². The van der Waals surface area contributed by atoms with Gasteiger partial charge in [-0.3, -0.25) is 14.6 Å². The standard InChI is InChI=1S/C7H12N2O4/c1-4(8)9-3-5(7(12)13)2-6(10)11/h5H,2-3H2,1H3,(H2,8,9)(H,10,11)(H,12,13). The Kier molecular flexibility index (Phi) is 4.50. The Balaban J connectivity index is 4.19. The quantitative estimate of drug-likeness (QED) is 0.399. The zero-order valence-corrected chi connectivity index (χ0v) is 7.23. The lowest BCUT2D eigenvalue weighted by Gasteiger charge is -2.05. The molecule has 6 nitrogen and oxygen atoms in total. The Labute approximate surface area is 75.1 Å². The molecule has 0 saturated carbocycles. The molecule has 4 N–H and O–H groups in total. The summed E-state index contributed by atoms with van der Waals surface area (Å²) < 4.78 is 0. The maximum atomic E-state index is 10.5. The van der Waals surface area contributed by atoms with Gasteiger partial charge in [0.05, 0.1) is 24.7 Å². The molecule has 0 aliphatic heterocycles. The van der Waals surface area contributed by atoms with Crippen molar-refractivity contribution in [3.63, 3.8) is 0 Å². The van der Waals surface area contributed by atoms with Gasteiger partial charge in [0.25, 0.3) is 0 Å². The van der Waals surface area contributed by atoms with Gasteiger partial charge in [-0.15, -0.1) is 0 Å². The Hall–Kier alpha value is -1.59. The molecule has 6 heteroatoms. The Bertz CT molecular complexity index is 233. The molecule has 0 fully saturated rings. The summed E-state index contributed by atoms with van der Waals surface area (Å²) in [5.74, 6) is -3.09. The number of amidine groups is 1. The van der Waals surface area contributed by atoms with Crippen LogP contribution < -0.4 is 5.73 Å². The number of carboxylic acids is 2. The van der Waals surface area contributed by atoms with E-state index in [4.69, 9.17) is 15.9 Å². The minimum atomic E-state index is -1.17. The largest absolute Gasteiger partial charge is 0.481 e. The molecule has 13 heavy (non-hydrogen) atoms. The maximum absolute atomic E-state index is 10.5. The number of nitrogens with zero attached hydrogens (tertiary/aromatic N) is 1. The highest BCUT2D eigenvalue weighted by Crippen LogP contribution is 2.03. The number of aliphatic carboxylic acids is 2. The summed E-state index contributed by atoms with van der Waals surface area (Å²) >= 11 is 0. The number of carboxylic acid groups (broad SMARTS) is 2. The third-order valence-electron chi connectivity index (χ3n) is 1.33. The summed E-state index contributed by atoms with van der Waals surface area (Å²) in [6.45, 7) is 1.42. The number of rotatable bonds is 5. The van der Waals surface area contributed by atoms with E-state index in [2.05, 4.69) is 4.99 Å². The van der Waals surface area contributed by atoms with Crippen molar-refractivity contribution in [2.75, 3.05) is 6.54 Å². The summed E-state index contributed by atoms with van der Waals surface area (Å²) in [7, 11) is 0. The highest BCUT2D eigenvalue weighted by atomic mass is 16.4. The van der Waals surface area contributed by atoms with Crippen LogP contribution in [0, 0.1) is 5.92 Å². The van der Waals surface area contributed by atoms with E-state index >= 15 is 0 Å². The maximum Gasteiger partial charge on any atom is 0.308 e. The van der Waals surface area contributed by atoms with Crippen molar-refractivity contribution < 1.29 is 19.8 Å². The first-order valence-electron chi connectivity index (χ1n) is 3.64. The fraction of sp³-hybridized carbons (Fsp3) is 0.571. The predicted molar refractivity (Wildman–Crippen MR) is 45.5 cm³/mol. The van der Waals surface area contributed by atoms with Gasteiger partial charge in [0.15, 0.2) is 0 Å². The molecule has 0 spiro atoms. The molecule has 0 aromatic rings. The lowest BCUT2D eigenvalue weighted by molar-refractivity contribution is -0.147. The van der Waals surface area contributed by atoms with Gasteiger partial charge in [-0.25, -0.2) is 0 Å². The monoisotopic (exact) mass is 188 g/mol. The molecule has 0 aliphatic rings. The van der Waals surface area contributed by atoms with Crippen LogP contribution in [0.15, 0.2) is 4.99 Å². The fourth-order valence-corrected chi connectivity index (χ4v) is 0.695. The summed E-state index contributed by atoms with van der Waals surface area (Å²) in [5, 5.41) is 16.9. The van der Waals surface area contributed by atoms with Gasteiger partial charge in [0, 0.05) is 0 Å². The minimum Gasteiger partial charge on any atom is -0.481 e. The average Bonchev–Trinajstić information content (AvgIpc) is 1.96. The lowest BCUT2D eigenvalue weighted by atomic mass is 10.1. The van der Waals surface area contributed by atoms with Crippen molar-refractivity contribution >= 4 is 17.8 Å². The van der Waals surface area contributed by atoms with E-state index in [-0.39, 0.29) is 12.4 Å². The second-order valence-corrected chi connectivity index (χ2v) is 2.62. The molecule has 1 atom stereocenters. The zero-order valence-electron chi connectivity index (χ0n) is 7.23. The number of carbonyl (C=O) groups is 2. The molecule has 74 valence electrons. The Morgan fingerprint density at radius 3 is 2.31 bits per heavy atom. The number of nitrogens with two attached hydrogens (primary N) is 1. The van der Waals surface area contributed by atoms with Crippen molar-refractivity contribution in [3.05, 3.63) is 0 Å². The second-order valence-electron chi connectivity index (χ2n) is 2.62. The fourth-order valence-electron chi connectivity index (χ4n) is 0.695. The predicted octanol–water partition coefficient (Wildman–Crippen LogP) is -0.461. The lowest BCUT2D eigenvalue weighted by Crippen LogP contribution is -2.22. The molecule has 0 bridgehead atoms. The highest BCUT2D eigenvalue weighted by molar-refractivity contribution is 5.80. The average molecular weight is 188 g/mol. The van der Waals surface area contributed by atoms with Crippen molar-refractivity contribution in [1.29, 1.82) is 0 Å². The van der Waals surface area contributed by atoms with Gasteiger partial charge in [-0.1, -0.05) is 0 Å². The minimum absolute atomic E-state index is 0.0933. The molecule has 0 saturated heterocycles. The van der Waals surface area contributed by atoms with Gasteiger partial charge >= 0.3 is 11.9 Å². The first-order chi connectivity index (χ1) is 5.93. The number of hydrogen-bond acceptors (Lipinski definition) is 3. The molecule has 0 heterocycles. The molecule has 0 radical (unpaired) electrons. The molecule has 0 aromatic carbocycles. The smallest absolute Gasteiger partial charge is 0.308 e. The molecule has 0 aromatic heterocycles. The topological polar surface area (TPSA) is 113 Å². The van der Waals surface area contributed by atoms with Crippen molar-refractivity contribution in [2.24, 2.45) is 16.6 Å². The van der Waals surface area contributed by atoms with Crippen molar-refractivity contribution in [3.8, 4) is 0 Å². The van der Waals surface area contributed by atoms with Crippen LogP contribution in [0.4, 0.5) is 0 Å². The summed E-state index contributed by atoms with van der Waals surface area (Å²) in [5.41, 5.74) is 5.18. The molecular formula is C7H12N2O4. The normalized spacial score (nSPS) is 13.8. The van der Waals surface area contributed by atoms with Crippen LogP contribution >= 0.6 is 0 Å². The first kappa shape index (κ1) is 11.4. The van der Waals surface area contributed by atoms with Crippen LogP contribution in [0.25, 0.3) is 0 Å². The van der Waals surface area contributed by atoms with Crippen molar-refractivity contribution in [2.45, 2.75) is 13.3 Å². The van der Waals surface area contributed by atoms with Crippen LogP contribution in [0.3, 0.4) is 0 Å². The van der Waals surface area contributed by atoms with Crippen LogP contribution in [0.1, 0.15) is 13.3 Å². The van der Waals surface area contributed by atoms with Crippen LogP contribution in [-0.2, 0) is 9.59 Å². The van der Waals surface area contributed by atoms with E-state index in [1.165, 1.54) is 6.92 Å². The summed E-state index contributed by atoms with van der Waals surface area (Å²) in [6, 6.07) is 0. The number of aliphatic imine (C=N–C) groups is 1. The van der Waals surface area contributed by atoms with E-state index in [1.54, 1.807) is 0 Å². The Morgan fingerprint density at radius 2 is 2.00 bits per heavy atom. The number of hydrogen-bond donors (Lipinski definition) is 3. The van der Waals surface area contributed by atoms with Gasteiger partial charge in [0.2, 0.25) is 0 Å².